The molecule has 0 unspecified atom stereocenters. The Kier molecular flexibility index (Phi) is 8.11. The monoisotopic (exact) mass is 183 g/mol. The summed E-state index contributed by atoms with van der Waals surface area (Å²) >= 11 is 0. The lowest BCUT2D eigenvalue weighted by atomic mass is 10.1. The molecule has 0 spiro atoms. The molecule has 0 aromatic carbocycles. The maximum Gasteiger partial charge on any atom is 0.0833 e. The molecule has 1 heteroatoms. The van der Waals surface area contributed by atoms with E-state index in [0.717, 1.165) is 13.0 Å². The van der Waals surface area contributed by atoms with Gasteiger partial charge >= 0.3 is 0 Å². The van der Waals surface area contributed by atoms with Crippen molar-refractivity contribution < 1.29 is 4.74 Å². The molecule has 77 valence electrons. The van der Waals surface area contributed by atoms with E-state index in [9.17, 15) is 0 Å². The molecule has 0 rings (SSSR count). The summed E-state index contributed by atoms with van der Waals surface area (Å²) in [5, 5.41) is 0. The van der Waals surface area contributed by atoms with Gasteiger partial charge in [-0.05, 0) is 46.5 Å². The van der Waals surface area contributed by atoms with Crippen molar-refractivity contribution in [1.82, 2.24) is 0 Å². The zero-order valence-electron chi connectivity index (χ0n) is 9.52. The van der Waals surface area contributed by atoms with Crippen LogP contribution in [0.2, 0.25) is 0 Å². The summed E-state index contributed by atoms with van der Waals surface area (Å²) in [6.45, 7) is 11.4. The van der Waals surface area contributed by atoms with Gasteiger partial charge < -0.3 is 4.74 Å². The summed E-state index contributed by atoms with van der Waals surface area (Å²) in [5.74, 6) is 0. The van der Waals surface area contributed by atoms with Crippen molar-refractivity contribution in [2.45, 2.75) is 53.4 Å². The summed E-state index contributed by atoms with van der Waals surface area (Å²) in [7, 11) is 0. The van der Waals surface area contributed by atoms with Crippen molar-refractivity contribution in [1.29, 1.82) is 0 Å². The predicted molar refractivity (Wildman–Crippen MR) is 58.4 cm³/mol. The van der Waals surface area contributed by atoms with Crippen molar-refractivity contribution in [2.75, 3.05) is 6.61 Å². The number of hydrogen-bond donors (Lipinski definition) is 0. The van der Waals surface area contributed by atoms with E-state index in [1.54, 1.807) is 0 Å². The molecular formula is C12H23O. The predicted octanol–water partition coefficient (Wildman–Crippen LogP) is 4.10. The van der Waals surface area contributed by atoms with Crippen LogP contribution in [-0.4, -0.2) is 6.61 Å². The molecule has 1 nitrogen and oxygen atoms in total. The highest BCUT2D eigenvalue weighted by molar-refractivity contribution is 5.06. The van der Waals surface area contributed by atoms with Gasteiger partial charge in [0.2, 0.25) is 0 Å². The minimum Gasteiger partial charge on any atom is -0.376 e. The number of unbranched alkanes of at least 4 members (excludes halogenated alkanes) is 1. The molecule has 0 amide bonds. The molecule has 1 radical (unpaired) electrons. The molecule has 0 N–H and O–H groups in total. The van der Waals surface area contributed by atoms with E-state index in [2.05, 4.69) is 27.7 Å². The Balaban J connectivity index is 3.22. The summed E-state index contributed by atoms with van der Waals surface area (Å²) < 4.78 is 5.28. The van der Waals surface area contributed by atoms with Crippen LogP contribution in [0.3, 0.4) is 0 Å². The lowest BCUT2D eigenvalue weighted by molar-refractivity contribution is 0.189. The fourth-order valence-corrected chi connectivity index (χ4v) is 1.03. The van der Waals surface area contributed by atoms with Gasteiger partial charge in [0, 0.05) is 6.61 Å². The van der Waals surface area contributed by atoms with Gasteiger partial charge in [-0.15, -0.1) is 0 Å². The lowest BCUT2D eigenvalue weighted by Crippen LogP contribution is -1.91. The van der Waals surface area contributed by atoms with Gasteiger partial charge in [0.25, 0.3) is 0 Å². The molecule has 0 fully saturated rings. The minimum atomic E-state index is 0.879. The Hall–Kier alpha value is -0.300. The Labute approximate surface area is 83.2 Å². The summed E-state index contributed by atoms with van der Waals surface area (Å²) in [5.41, 5.74) is 2.99. The van der Waals surface area contributed by atoms with Crippen LogP contribution in [0, 0.1) is 6.61 Å². The Morgan fingerprint density at radius 2 is 1.85 bits per heavy atom. The molecule has 0 saturated heterocycles. The van der Waals surface area contributed by atoms with E-state index in [4.69, 9.17) is 4.74 Å². The maximum atomic E-state index is 5.28. The van der Waals surface area contributed by atoms with Crippen LogP contribution >= 0.6 is 0 Å². The van der Waals surface area contributed by atoms with E-state index in [-0.39, 0.29) is 0 Å². The van der Waals surface area contributed by atoms with Gasteiger partial charge in [-0.3, -0.25) is 0 Å². The van der Waals surface area contributed by atoms with E-state index in [1.807, 2.05) is 6.61 Å². The summed E-state index contributed by atoms with van der Waals surface area (Å²) in [6, 6.07) is 0. The first-order chi connectivity index (χ1) is 6.18. The highest BCUT2D eigenvalue weighted by Gasteiger charge is 1.93. The molecule has 0 aliphatic carbocycles. The van der Waals surface area contributed by atoms with Gasteiger partial charge in [-0.25, -0.2) is 0 Å². The lowest BCUT2D eigenvalue weighted by Gasteiger charge is -2.04. The van der Waals surface area contributed by atoms with E-state index >= 15 is 0 Å². The SMILES string of the molecule is CC[CH]OCCCCC(C)=C(C)C. The van der Waals surface area contributed by atoms with E-state index in [0.29, 0.717) is 0 Å². The van der Waals surface area contributed by atoms with Crippen molar-refractivity contribution >= 4 is 0 Å². The average molecular weight is 183 g/mol. The first kappa shape index (κ1) is 12.7. The minimum absolute atomic E-state index is 0.879. The summed E-state index contributed by atoms with van der Waals surface area (Å²) in [4.78, 5) is 0. The smallest absolute Gasteiger partial charge is 0.0833 e. The molecule has 0 heterocycles. The number of hydrogen-bond acceptors (Lipinski definition) is 1. The van der Waals surface area contributed by atoms with Crippen molar-refractivity contribution in [3.05, 3.63) is 17.8 Å². The van der Waals surface area contributed by atoms with Crippen LogP contribution < -0.4 is 0 Å². The third-order valence-corrected chi connectivity index (χ3v) is 2.20. The van der Waals surface area contributed by atoms with E-state index < -0.39 is 0 Å². The topological polar surface area (TPSA) is 9.23 Å². The number of ether oxygens (including phenoxy) is 1. The first-order valence-electron chi connectivity index (χ1n) is 5.24. The van der Waals surface area contributed by atoms with Gasteiger partial charge in [0.1, 0.15) is 0 Å². The standard InChI is InChI=1S/C12H23O/c1-5-9-13-10-7-6-8-12(4)11(2)3/h9H,5-8,10H2,1-4H3. The van der Waals surface area contributed by atoms with Gasteiger partial charge in [-0.2, -0.15) is 0 Å². The summed E-state index contributed by atoms with van der Waals surface area (Å²) in [6.07, 6.45) is 4.64. The molecule has 0 saturated carbocycles. The molecule has 13 heavy (non-hydrogen) atoms. The van der Waals surface area contributed by atoms with Crippen molar-refractivity contribution in [2.24, 2.45) is 0 Å². The van der Waals surface area contributed by atoms with Gasteiger partial charge in [0.05, 0.1) is 6.61 Å². The zero-order valence-corrected chi connectivity index (χ0v) is 9.52. The highest BCUT2D eigenvalue weighted by Crippen LogP contribution is 2.11. The van der Waals surface area contributed by atoms with Crippen LogP contribution in [0.4, 0.5) is 0 Å². The van der Waals surface area contributed by atoms with Crippen LogP contribution in [0.5, 0.6) is 0 Å². The Bertz CT molecular complexity index is 143. The van der Waals surface area contributed by atoms with Crippen molar-refractivity contribution in [3.63, 3.8) is 0 Å². The number of rotatable bonds is 7. The second kappa shape index (κ2) is 8.31. The first-order valence-corrected chi connectivity index (χ1v) is 5.24. The molecule has 0 aromatic heterocycles. The second-order valence-corrected chi connectivity index (χ2v) is 3.68. The van der Waals surface area contributed by atoms with Crippen LogP contribution in [-0.2, 0) is 4.74 Å². The second-order valence-electron chi connectivity index (χ2n) is 3.68. The number of allylic oxidation sites excluding steroid dienone is 2. The molecule has 0 aromatic rings. The van der Waals surface area contributed by atoms with Gasteiger partial charge in [-0.1, -0.05) is 18.1 Å². The van der Waals surface area contributed by atoms with Crippen LogP contribution in [0.15, 0.2) is 11.1 Å². The molecular weight excluding hydrogens is 160 g/mol. The fourth-order valence-electron chi connectivity index (χ4n) is 1.03. The Morgan fingerprint density at radius 3 is 2.38 bits per heavy atom. The zero-order chi connectivity index (χ0) is 10.1. The van der Waals surface area contributed by atoms with Gasteiger partial charge in [0.15, 0.2) is 0 Å². The highest BCUT2D eigenvalue weighted by atomic mass is 16.5. The largest absolute Gasteiger partial charge is 0.376 e. The normalized spacial score (nSPS) is 10.2. The Morgan fingerprint density at radius 1 is 1.15 bits per heavy atom. The molecule has 0 bridgehead atoms. The third kappa shape index (κ3) is 8.04. The third-order valence-electron chi connectivity index (χ3n) is 2.20. The fraction of sp³-hybridized carbons (Fsp3) is 0.750. The van der Waals surface area contributed by atoms with Crippen LogP contribution in [0.1, 0.15) is 53.4 Å². The molecule has 0 atom stereocenters. The molecule has 0 aliphatic rings. The van der Waals surface area contributed by atoms with Crippen molar-refractivity contribution in [3.8, 4) is 0 Å². The van der Waals surface area contributed by atoms with E-state index in [1.165, 1.54) is 30.4 Å². The van der Waals surface area contributed by atoms with Crippen LogP contribution in [0.25, 0.3) is 0 Å². The quantitative estimate of drug-likeness (QED) is 0.426. The average Bonchev–Trinajstić information content (AvgIpc) is 2.10. The molecule has 0 aliphatic heterocycles. The maximum absolute atomic E-state index is 5.28.